The number of piperidine rings is 1. The highest BCUT2D eigenvalue weighted by Gasteiger charge is 2.17. The summed E-state index contributed by atoms with van der Waals surface area (Å²) < 4.78 is 0. The molecule has 2 aliphatic heterocycles. The first-order valence-corrected chi connectivity index (χ1v) is 12.0. The number of anilines is 1. The Morgan fingerprint density at radius 2 is 1.45 bits per heavy atom. The molecule has 162 valence electrons. The van der Waals surface area contributed by atoms with Gasteiger partial charge in [-0.3, -0.25) is 4.90 Å². The quantitative estimate of drug-likeness (QED) is 0.582. The van der Waals surface area contributed by atoms with Crippen LogP contribution in [0.4, 0.5) is 5.82 Å². The second-order valence-electron chi connectivity index (χ2n) is 9.11. The molecule has 3 heterocycles. The lowest BCUT2D eigenvalue weighted by molar-refractivity contribution is 0.331. The third kappa shape index (κ3) is 5.08. The number of pyridine rings is 1. The van der Waals surface area contributed by atoms with E-state index in [1.54, 1.807) is 0 Å². The Balaban J connectivity index is 1.25. The first kappa shape index (κ1) is 20.5. The Bertz CT molecular complexity index is 986. The van der Waals surface area contributed by atoms with Crippen molar-refractivity contribution in [2.45, 2.75) is 51.7 Å². The Labute approximate surface area is 186 Å². The molecule has 0 atom stereocenters. The van der Waals surface area contributed by atoms with Gasteiger partial charge in [-0.1, -0.05) is 42.5 Å². The van der Waals surface area contributed by atoms with Crippen LogP contribution in [-0.2, 0) is 19.6 Å². The van der Waals surface area contributed by atoms with Gasteiger partial charge in [-0.15, -0.1) is 0 Å². The smallest absolute Gasteiger partial charge is 0.133 e. The van der Waals surface area contributed by atoms with Crippen LogP contribution < -0.4 is 10.2 Å². The van der Waals surface area contributed by atoms with Crippen molar-refractivity contribution in [2.24, 2.45) is 0 Å². The highest BCUT2D eigenvalue weighted by Crippen LogP contribution is 2.26. The molecule has 3 aromatic rings. The summed E-state index contributed by atoms with van der Waals surface area (Å²) in [7, 11) is 0. The summed E-state index contributed by atoms with van der Waals surface area (Å²) in [6.45, 7) is 7.57. The number of rotatable bonds is 7. The second-order valence-corrected chi connectivity index (χ2v) is 9.11. The van der Waals surface area contributed by atoms with Gasteiger partial charge in [0.1, 0.15) is 5.82 Å². The van der Waals surface area contributed by atoms with Gasteiger partial charge in [0.2, 0.25) is 0 Å². The number of hydrogen-bond acceptors (Lipinski definition) is 4. The number of para-hydroxylation sites is 1. The fourth-order valence-corrected chi connectivity index (χ4v) is 4.96. The minimum Gasteiger partial charge on any atom is -0.356 e. The second kappa shape index (κ2) is 9.80. The predicted octanol–water partition coefficient (Wildman–Crippen LogP) is 5.11. The average Bonchev–Trinajstić information content (AvgIpc) is 3.33. The molecule has 31 heavy (non-hydrogen) atoms. The van der Waals surface area contributed by atoms with Crippen molar-refractivity contribution in [3.8, 4) is 0 Å². The maximum Gasteiger partial charge on any atom is 0.133 e. The van der Waals surface area contributed by atoms with Gasteiger partial charge in [-0.05, 0) is 68.5 Å². The number of benzene rings is 2. The summed E-state index contributed by atoms with van der Waals surface area (Å²) in [5.74, 6) is 1.17. The van der Waals surface area contributed by atoms with Crippen molar-refractivity contribution in [1.29, 1.82) is 0 Å². The Hall–Kier alpha value is -2.43. The maximum atomic E-state index is 5.07. The molecule has 5 rings (SSSR count). The first-order valence-electron chi connectivity index (χ1n) is 12.0. The monoisotopic (exact) mass is 414 g/mol. The van der Waals surface area contributed by atoms with Gasteiger partial charge in [0.15, 0.2) is 0 Å². The standard InChI is InChI=1S/C27H34N4/c1-4-16-31(17-5-1)27-25(18-24-8-2-3-9-26(24)29-27)20-28-19-22-10-12-23(13-11-22)21-30-14-6-7-15-30/h2-3,8-13,18,28H,1,4-7,14-17,19-21H2. The zero-order valence-corrected chi connectivity index (χ0v) is 18.5. The highest BCUT2D eigenvalue weighted by atomic mass is 15.2. The van der Waals surface area contributed by atoms with E-state index in [2.05, 4.69) is 69.7 Å². The molecule has 2 saturated heterocycles. The Kier molecular flexibility index (Phi) is 6.47. The maximum absolute atomic E-state index is 5.07. The molecule has 2 fully saturated rings. The normalized spacial score (nSPS) is 17.5. The minimum atomic E-state index is 0.846. The molecule has 1 N–H and O–H groups in total. The van der Waals surface area contributed by atoms with Gasteiger partial charge in [0, 0.05) is 43.7 Å². The van der Waals surface area contributed by atoms with Crippen molar-refractivity contribution in [3.05, 3.63) is 71.3 Å². The molecule has 4 nitrogen and oxygen atoms in total. The van der Waals surface area contributed by atoms with Crippen molar-refractivity contribution < 1.29 is 0 Å². The average molecular weight is 415 g/mol. The SMILES string of the molecule is c1ccc2nc(N3CCCCC3)c(CNCc3ccc(CN4CCCC4)cc3)cc2c1. The first-order chi connectivity index (χ1) is 15.3. The molecule has 0 saturated carbocycles. The fourth-order valence-electron chi connectivity index (χ4n) is 4.96. The molecule has 0 amide bonds. The van der Waals surface area contributed by atoms with Gasteiger partial charge < -0.3 is 10.2 Å². The number of likely N-dealkylation sites (tertiary alicyclic amines) is 1. The van der Waals surface area contributed by atoms with Crippen molar-refractivity contribution >= 4 is 16.7 Å². The van der Waals surface area contributed by atoms with E-state index in [1.165, 1.54) is 73.1 Å². The van der Waals surface area contributed by atoms with Crippen molar-refractivity contribution in [2.75, 3.05) is 31.1 Å². The predicted molar refractivity (Wildman–Crippen MR) is 129 cm³/mol. The van der Waals surface area contributed by atoms with E-state index in [1.807, 2.05) is 0 Å². The van der Waals surface area contributed by atoms with E-state index < -0.39 is 0 Å². The van der Waals surface area contributed by atoms with Gasteiger partial charge >= 0.3 is 0 Å². The number of hydrogen-bond donors (Lipinski definition) is 1. The lowest BCUT2D eigenvalue weighted by Gasteiger charge is -2.30. The third-order valence-corrected chi connectivity index (χ3v) is 6.71. The lowest BCUT2D eigenvalue weighted by Crippen LogP contribution is -2.31. The van der Waals surface area contributed by atoms with Gasteiger partial charge in [0.05, 0.1) is 5.52 Å². The van der Waals surface area contributed by atoms with Crippen LogP contribution in [-0.4, -0.2) is 36.1 Å². The zero-order chi connectivity index (χ0) is 20.9. The molecular formula is C27H34N4. The summed E-state index contributed by atoms with van der Waals surface area (Å²) in [6.07, 6.45) is 6.58. The van der Waals surface area contributed by atoms with Crippen LogP contribution in [0.1, 0.15) is 48.8 Å². The highest BCUT2D eigenvalue weighted by molar-refractivity contribution is 5.81. The van der Waals surface area contributed by atoms with Gasteiger partial charge in [-0.25, -0.2) is 4.98 Å². The molecule has 0 bridgehead atoms. The molecular weight excluding hydrogens is 380 g/mol. The van der Waals surface area contributed by atoms with E-state index in [-0.39, 0.29) is 0 Å². The fraction of sp³-hybridized carbons (Fsp3) is 0.444. The van der Waals surface area contributed by atoms with Crippen LogP contribution in [0.5, 0.6) is 0 Å². The molecule has 4 heteroatoms. The Morgan fingerprint density at radius 1 is 0.742 bits per heavy atom. The summed E-state index contributed by atoms with van der Waals surface area (Å²) >= 11 is 0. The van der Waals surface area contributed by atoms with Crippen LogP contribution in [0.15, 0.2) is 54.6 Å². The summed E-state index contributed by atoms with van der Waals surface area (Å²) in [6, 6.07) is 20.0. The van der Waals surface area contributed by atoms with Crippen molar-refractivity contribution in [1.82, 2.24) is 15.2 Å². The molecule has 2 aliphatic rings. The van der Waals surface area contributed by atoms with Gasteiger partial charge in [-0.2, -0.15) is 0 Å². The van der Waals surface area contributed by atoms with Crippen LogP contribution in [0.2, 0.25) is 0 Å². The van der Waals surface area contributed by atoms with E-state index in [9.17, 15) is 0 Å². The van der Waals surface area contributed by atoms with E-state index >= 15 is 0 Å². The number of nitrogens with zero attached hydrogens (tertiary/aromatic N) is 3. The number of aromatic nitrogens is 1. The van der Waals surface area contributed by atoms with Gasteiger partial charge in [0.25, 0.3) is 0 Å². The third-order valence-electron chi connectivity index (χ3n) is 6.71. The van der Waals surface area contributed by atoms with Crippen molar-refractivity contribution in [3.63, 3.8) is 0 Å². The summed E-state index contributed by atoms with van der Waals surface area (Å²) in [5, 5.41) is 4.91. The topological polar surface area (TPSA) is 31.4 Å². The Morgan fingerprint density at radius 3 is 2.26 bits per heavy atom. The molecule has 0 spiro atoms. The number of nitrogens with one attached hydrogen (secondary N) is 1. The molecule has 0 aliphatic carbocycles. The van der Waals surface area contributed by atoms with Crippen LogP contribution in [0, 0.1) is 0 Å². The zero-order valence-electron chi connectivity index (χ0n) is 18.5. The van der Waals surface area contributed by atoms with Crippen LogP contribution >= 0.6 is 0 Å². The minimum absolute atomic E-state index is 0.846. The lowest BCUT2D eigenvalue weighted by atomic mass is 10.1. The van der Waals surface area contributed by atoms with Crippen LogP contribution in [0.3, 0.4) is 0 Å². The summed E-state index contributed by atoms with van der Waals surface area (Å²) in [5.41, 5.74) is 5.18. The summed E-state index contributed by atoms with van der Waals surface area (Å²) in [4.78, 5) is 10.1. The largest absolute Gasteiger partial charge is 0.356 e. The van der Waals surface area contributed by atoms with Crippen LogP contribution in [0.25, 0.3) is 10.9 Å². The van der Waals surface area contributed by atoms with E-state index in [0.717, 1.165) is 38.2 Å². The van der Waals surface area contributed by atoms with E-state index in [0.29, 0.717) is 0 Å². The number of fused-ring (bicyclic) bond motifs is 1. The molecule has 0 radical (unpaired) electrons. The molecule has 2 aromatic carbocycles. The van der Waals surface area contributed by atoms with E-state index in [4.69, 9.17) is 4.98 Å². The molecule has 1 aromatic heterocycles. The molecule has 0 unspecified atom stereocenters.